The van der Waals surface area contributed by atoms with Crippen LogP contribution in [0.15, 0.2) is 77.3 Å². The largest absolute Gasteiger partial charge is 0.368 e. The molecule has 0 spiro atoms. The normalized spacial score (nSPS) is 14.6. The summed E-state index contributed by atoms with van der Waals surface area (Å²) in [6.45, 7) is 8.94. The van der Waals surface area contributed by atoms with Gasteiger partial charge in [0.25, 0.3) is 5.91 Å². The van der Waals surface area contributed by atoms with Crippen molar-refractivity contribution in [3.8, 4) is 6.07 Å². The van der Waals surface area contributed by atoms with Crippen molar-refractivity contribution in [1.29, 1.82) is 5.26 Å². The van der Waals surface area contributed by atoms with E-state index in [2.05, 4.69) is 87.9 Å². The number of nitrogens with one attached hydrogen (secondary N) is 1. The van der Waals surface area contributed by atoms with E-state index < -0.39 is 0 Å². The molecule has 0 aliphatic carbocycles. The average Bonchev–Trinajstić information content (AvgIpc) is 3.28. The molecule has 1 aliphatic heterocycles. The molecule has 38 heavy (non-hydrogen) atoms. The highest BCUT2D eigenvalue weighted by Gasteiger charge is 2.28. The third-order valence-electron chi connectivity index (χ3n) is 7.25. The zero-order valence-electron chi connectivity index (χ0n) is 21.9. The molecule has 1 unspecified atom stereocenters. The lowest BCUT2D eigenvalue weighted by Crippen LogP contribution is -2.48. The van der Waals surface area contributed by atoms with Crippen molar-refractivity contribution >= 4 is 17.3 Å². The number of nitriles is 1. The van der Waals surface area contributed by atoms with E-state index in [0.717, 1.165) is 31.9 Å². The van der Waals surface area contributed by atoms with Gasteiger partial charge in [-0.15, -0.1) is 0 Å². The lowest BCUT2D eigenvalue weighted by molar-refractivity contribution is 0.102. The average molecular weight is 506 g/mol. The number of carbonyl (C=O) groups excluding carboxylic acids is 1. The molecule has 7 nitrogen and oxygen atoms in total. The van der Waals surface area contributed by atoms with Crippen LogP contribution in [0.1, 0.15) is 50.1 Å². The predicted octanol–water partition coefficient (Wildman–Crippen LogP) is 5.64. The second kappa shape index (κ2) is 10.9. The molecule has 1 N–H and O–H groups in total. The number of hydrogen-bond donors (Lipinski definition) is 1. The molecule has 1 amide bonds. The lowest BCUT2D eigenvalue weighted by Gasteiger charge is -2.41. The number of nitrogens with zero attached hydrogens (tertiary/aromatic N) is 4. The first-order valence-electron chi connectivity index (χ1n) is 12.8. The molecule has 1 saturated heterocycles. The van der Waals surface area contributed by atoms with Gasteiger partial charge < -0.3 is 14.7 Å². The van der Waals surface area contributed by atoms with Gasteiger partial charge in [-0.1, -0.05) is 59.8 Å². The van der Waals surface area contributed by atoms with E-state index in [1.165, 1.54) is 16.7 Å². The summed E-state index contributed by atoms with van der Waals surface area (Å²) < 4.78 is 5.11. The molecular weight excluding hydrogens is 474 g/mol. The quantitative estimate of drug-likeness (QED) is 0.365. The van der Waals surface area contributed by atoms with Crippen LogP contribution in [0.25, 0.3) is 0 Å². The van der Waals surface area contributed by atoms with Gasteiger partial charge in [0.2, 0.25) is 0 Å². The first-order chi connectivity index (χ1) is 18.5. The first-order valence-corrected chi connectivity index (χ1v) is 12.8. The number of amides is 1. The predicted molar refractivity (Wildman–Crippen MR) is 148 cm³/mol. The summed E-state index contributed by atoms with van der Waals surface area (Å²) >= 11 is 0. The fourth-order valence-electron chi connectivity index (χ4n) is 5.32. The number of aromatic nitrogens is 1. The zero-order valence-corrected chi connectivity index (χ0v) is 21.9. The highest BCUT2D eigenvalue weighted by Crippen LogP contribution is 2.33. The molecule has 192 valence electrons. The highest BCUT2D eigenvalue weighted by molar-refractivity contribution is 6.05. The Bertz CT molecular complexity index is 1460. The maximum Gasteiger partial charge on any atom is 0.261 e. The summed E-state index contributed by atoms with van der Waals surface area (Å²) in [4.78, 5) is 17.5. The van der Waals surface area contributed by atoms with Crippen LogP contribution in [0.5, 0.6) is 0 Å². The molecule has 5 rings (SSSR count). The van der Waals surface area contributed by atoms with Gasteiger partial charge in [0, 0.05) is 31.9 Å². The molecule has 1 aliphatic rings. The second-order valence-electron chi connectivity index (χ2n) is 9.69. The fraction of sp³-hybridized carbons (Fsp3) is 0.258. The minimum Gasteiger partial charge on any atom is -0.368 e. The van der Waals surface area contributed by atoms with Crippen molar-refractivity contribution in [3.63, 3.8) is 0 Å². The smallest absolute Gasteiger partial charge is 0.261 e. The Balaban J connectivity index is 1.33. The minimum atomic E-state index is -0.297. The number of piperazine rings is 1. The Labute approximate surface area is 223 Å². The van der Waals surface area contributed by atoms with E-state index in [1.807, 2.05) is 12.1 Å². The number of carbonyl (C=O) groups is 1. The standard InChI is InChI=1S/C31H31N5O2/c1-21-9-7-8-12-27(21)30(24-10-5-4-6-11-24)36-17-15-35(16-18-36)28-14-13-26(19-25(28)20-32)33-31(37)29-22(2)34-38-23(29)3/h4-14,19,30H,15-18H2,1-3H3,(H,33,37). The third kappa shape index (κ3) is 5.04. The Morgan fingerprint density at radius 3 is 2.34 bits per heavy atom. The number of benzene rings is 3. The van der Waals surface area contributed by atoms with Gasteiger partial charge in [-0.2, -0.15) is 5.26 Å². The molecule has 0 radical (unpaired) electrons. The topological polar surface area (TPSA) is 85.4 Å². The molecule has 4 aromatic rings. The molecule has 0 bridgehead atoms. The van der Waals surface area contributed by atoms with E-state index in [9.17, 15) is 10.1 Å². The summed E-state index contributed by atoms with van der Waals surface area (Å²) in [6.07, 6.45) is 0. The van der Waals surface area contributed by atoms with E-state index in [4.69, 9.17) is 4.52 Å². The van der Waals surface area contributed by atoms with Crippen LogP contribution in [0.2, 0.25) is 0 Å². The third-order valence-corrected chi connectivity index (χ3v) is 7.25. The Morgan fingerprint density at radius 1 is 0.974 bits per heavy atom. The molecule has 7 heteroatoms. The SMILES string of the molecule is Cc1ccccc1C(c1ccccc1)N1CCN(c2ccc(NC(=O)c3c(C)noc3C)cc2C#N)CC1. The van der Waals surface area contributed by atoms with Gasteiger partial charge in [-0.3, -0.25) is 9.69 Å². The zero-order chi connectivity index (χ0) is 26.6. The Hall–Kier alpha value is -4.41. The number of aryl methyl sites for hydroxylation is 3. The van der Waals surface area contributed by atoms with Crippen LogP contribution in [0.4, 0.5) is 11.4 Å². The summed E-state index contributed by atoms with van der Waals surface area (Å²) in [5.41, 5.74) is 6.83. The molecular formula is C31H31N5O2. The van der Waals surface area contributed by atoms with Crippen LogP contribution in [0.3, 0.4) is 0 Å². The van der Waals surface area contributed by atoms with Gasteiger partial charge in [0.1, 0.15) is 17.4 Å². The molecule has 1 atom stereocenters. The second-order valence-corrected chi connectivity index (χ2v) is 9.69. The van der Waals surface area contributed by atoms with Crippen LogP contribution < -0.4 is 10.2 Å². The Morgan fingerprint density at radius 2 is 1.68 bits per heavy atom. The van der Waals surface area contributed by atoms with E-state index >= 15 is 0 Å². The van der Waals surface area contributed by atoms with E-state index in [-0.39, 0.29) is 11.9 Å². The fourth-order valence-corrected chi connectivity index (χ4v) is 5.32. The summed E-state index contributed by atoms with van der Waals surface area (Å²) in [6, 6.07) is 27.3. The number of rotatable bonds is 6. The van der Waals surface area contributed by atoms with Crippen LogP contribution >= 0.6 is 0 Å². The van der Waals surface area contributed by atoms with Gasteiger partial charge in [0.05, 0.1) is 23.0 Å². The highest BCUT2D eigenvalue weighted by atomic mass is 16.5. The van der Waals surface area contributed by atoms with Crippen molar-refractivity contribution in [2.75, 3.05) is 36.4 Å². The van der Waals surface area contributed by atoms with Gasteiger partial charge in [-0.25, -0.2) is 0 Å². The van der Waals surface area contributed by atoms with Gasteiger partial charge >= 0.3 is 0 Å². The monoisotopic (exact) mass is 505 g/mol. The Kier molecular flexibility index (Phi) is 7.25. The van der Waals surface area contributed by atoms with Crippen LogP contribution in [-0.4, -0.2) is 42.1 Å². The number of anilines is 2. The van der Waals surface area contributed by atoms with Crippen molar-refractivity contribution < 1.29 is 9.32 Å². The van der Waals surface area contributed by atoms with Crippen molar-refractivity contribution in [2.24, 2.45) is 0 Å². The van der Waals surface area contributed by atoms with Crippen LogP contribution in [-0.2, 0) is 0 Å². The molecule has 1 aromatic heterocycles. The van der Waals surface area contributed by atoms with Crippen LogP contribution in [0, 0.1) is 32.1 Å². The molecule has 2 heterocycles. The first kappa shape index (κ1) is 25.2. The minimum absolute atomic E-state index is 0.178. The molecule has 0 saturated carbocycles. The van der Waals surface area contributed by atoms with Gasteiger partial charge in [0.15, 0.2) is 0 Å². The maximum atomic E-state index is 12.8. The summed E-state index contributed by atoms with van der Waals surface area (Å²) in [7, 11) is 0. The molecule has 3 aromatic carbocycles. The lowest BCUT2D eigenvalue weighted by atomic mass is 9.93. The van der Waals surface area contributed by atoms with E-state index in [0.29, 0.717) is 28.3 Å². The summed E-state index contributed by atoms with van der Waals surface area (Å²) in [5.74, 6) is 0.171. The summed E-state index contributed by atoms with van der Waals surface area (Å²) in [5, 5.41) is 16.7. The van der Waals surface area contributed by atoms with E-state index in [1.54, 1.807) is 19.9 Å². The van der Waals surface area contributed by atoms with Gasteiger partial charge in [-0.05, 0) is 55.7 Å². The molecule has 1 fully saturated rings. The van der Waals surface area contributed by atoms with Crippen molar-refractivity contribution in [1.82, 2.24) is 10.1 Å². The van der Waals surface area contributed by atoms with Crippen molar-refractivity contribution in [2.45, 2.75) is 26.8 Å². The van der Waals surface area contributed by atoms with Crippen molar-refractivity contribution in [3.05, 3.63) is 112 Å². The number of hydrogen-bond acceptors (Lipinski definition) is 6. The maximum absolute atomic E-state index is 12.8.